The van der Waals surface area contributed by atoms with Gasteiger partial charge in [-0.15, -0.1) is 11.6 Å². The van der Waals surface area contributed by atoms with Gasteiger partial charge in [0.1, 0.15) is 5.52 Å². The molecule has 1 aromatic carbocycles. The molecule has 0 aliphatic heterocycles. The maximum absolute atomic E-state index is 10.6. The molecule has 5 heteroatoms. The SMILES string of the molecule is O=C(O)c1ccc2oc(CCl)nc2c1. The molecule has 0 saturated carbocycles. The van der Waals surface area contributed by atoms with Crippen molar-refractivity contribution in [2.24, 2.45) is 0 Å². The van der Waals surface area contributed by atoms with Gasteiger partial charge in [0.15, 0.2) is 5.58 Å². The molecule has 0 fully saturated rings. The second kappa shape index (κ2) is 3.31. The Morgan fingerprint density at radius 1 is 1.57 bits per heavy atom. The van der Waals surface area contributed by atoms with Crippen LogP contribution in [0, 0.1) is 0 Å². The highest BCUT2D eigenvalue weighted by molar-refractivity contribution is 6.16. The zero-order valence-corrected chi connectivity index (χ0v) is 7.78. The van der Waals surface area contributed by atoms with Gasteiger partial charge in [-0.2, -0.15) is 0 Å². The van der Waals surface area contributed by atoms with Gasteiger partial charge in [-0.05, 0) is 18.2 Å². The summed E-state index contributed by atoms with van der Waals surface area (Å²) in [6, 6.07) is 4.49. The third kappa shape index (κ3) is 1.44. The van der Waals surface area contributed by atoms with Gasteiger partial charge in [0, 0.05) is 0 Å². The lowest BCUT2D eigenvalue weighted by molar-refractivity contribution is 0.0697. The fraction of sp³-hybridized carbons (Fsp3) is 0.111. The third-order valence-electron chi connectivity index (χ3n) is 1.79. The summed E-state index contributed by atoms with van der Waals surface area (Å²) >= 11 is 5.53. The van der Waals surface area contributed by atoms with Crippen LogP contribution in [-0.4, -0.2) is 16.1 Å². The van der Waals surface area contributed by atoms with Crippen LogP contribution in [0.1, 0.15) is 16.2 Å². The summed E-state index contributed by atoms with van der Waals surface area (Å²) in [5, 5.41) is 8.72. The highest BCUT2D eigenvalue weighted by atomic mass is 35.5. The highest BCUT2D eigenvalue weighted by Gasteiger charge is 2.08. The van der Waals surface area contributed by atoms with E-state index >= 15 is 0 Å². The number of nitrogens with zero attached hydrogens (tertiary/aromatic N) is 1. The molecular formula is C9H6ClNO3. The first-order valence-electron chi connectivity index (χ1n) is 3.89. The van der Waals surface area contributed by atoms with E-state index in [4.69, 9.17) is 21.1 Å². The summed E-state index contributed by atoms with van der Waals surface area (Å²) in [5.41, 5.74) is 1.25. The molecule has 2 rings (SSSR count). The van der Waals surface area contributed by atoms with Gasteiger partial charge >= 0.3 is 5.97 Å². The van der Waals surface area contributed by atoms with E-state index in [1.54, 1.807) is 6.07 Å². The van der Waals surface area contributed by atoms with Gasteiger partial charge in [-0.25, -0.2) is 9.78 Å². The zero-order chi connectivity index (χ0) is 10.1. The first kappa shape index (κ1) is 9.02. The van der Waals surface area contributed by atoms with E-state index in [1.165, 1.54) is 12.1 Å². The minimum absolute atomic E-state index is 0.178. The monoisotopic (exact) mass is 211 g/mol. The Morgan fingerprint density at radius 2 is 2.36 bits per heavy atom. The molecule has 0 unspecified atom stereocenters. The number of carbonyl (C=O) groups is 1. The molecule has 0 amide bonds. The summed E-state index contributed by atoms with van der Waals surface area (Å²) in [6.45, 7) is 0. The van der Waals surface area contributed by atoms with Crippen molar-refractivity contribution in [2.45, 2.75) is 5.88 Å². The van der Waals surface area contributed by atoms with Crippen molar-refractivity contribution in [1.29, 1.82) is 0 Å². The molecule has 0 bridgehead atoms. The Morgan fingerprint density at radius 3 is 3.00 bits per heavy atom. The number of benzene rings is 1. The van der Waals surface area contributed by atoms with Crippen LogP contribution in [0.2, 0.25) is 0 Å². The van der Waals surface area contributed by atoms with Gasteiger partial charge in [0.25, 0.3) is 0 Å². The Kier molecular flexibility index (Phi) is 2.13. The topological polar surface area (TPSA) is 63.3 Å². The maximum Gasteiger partial charge on any atom is 0.335 e. The van der Waals surface area contributed by atoms with Crippen molar-refractivity contribution in [3.05, 3.63) is 29.7 Å². The second-order valence-electron chi connectivity index (χ2n) is 2.73. The molecule has 0 radical (unpaired) electrons. The molecule has 72 valence electrons. The minimum Gasteiger partial charge on any atom is -0.478 e. The third-order valence-corrected chi connectivity index (χ3v) is 2.02. The van der Waals surface area contributed by atoms with Gasteiger partial charge in [0.05, 0.1) is 11.4 Å². The number of oxazole rings is 1. The molecule has 0 atom stereocenters. The predicted molar refractivity (Wildman–Crippen MR) is 50.5 cm³/mol. The Balaban J connectivity index is 2.59. The Hall–Kier alpha value is -1.55. The largest absolute Gasteiger partial charge is 0.478 e. The van der Waals surface area contributed by atoms with Crippen LogP contribution in [0.4, 0.5) is 0 Å². The lowest BCUT2D eigenvalue weighted by atomic mass is 10.2. The van der Waals surface area contributed by atoms with Gasteiger partial charge in [-0.1, -0.05) is 0 Å². The summed E-state index contributed by atoms with van der Waals surface area (Å²) < 4.78 is 5.22. The molecule has 1 N–H and O–H groups in total. The molecule has 2 aromatic rings. The average molecular weight is 212 g/mol. The van der Waals surface area contributed by atoms with Crippen molar-refractivity contribution < 1.29 is 14.3 Å². The predicted octanol–water partition coefficient (Wildman–Crippen LogP) is 2.26. The van der Waals surface area contributed by atoms with Crippen LogP contribution in [0.25, 0.3) is 11.1 Å². The second-order valence-corrected chi connectivity index (χ2v) is 3.00. The highest BCUT2D eigenvalue weighted by Crippen LogP contribution is 2.18. The van der Waals surface area contributed by atoms with Crippen molar-refractivity contribution in [1.82, 2.24) is 4.98 Å². The van der Waals surface area contributed by atoms with Gasteiger partial charge < -0.3 is 9.52 Å². The molecule has 0 saturated heterocycles. The summed E-state index contributed by atoms with van der Waals surface area (Å²) in [5.74, 6) is -0.414. The van der Waals surface area contributed by atoms with E-state index in [0.717, 1.165) is 0 Å². The number of carboxylic acid groups (broad SMARTS) is 1. The van der Waals surface area contributed by atoms with Crippen LogP contribution in [0.3, 0.4) is 0 Å². The first-order valence-corrected chi connectivity index (χ1v) is 4.43. The van der Waals surface area contributed by atoms with Crippen molar-refractivity contribution in [3.8, 4) is 0 Å². The zero-order valence-electron chi connectivity index (χ0n) is 7.03. The molecule has 14 heavy (non-hydrogen) atoms. The Labute approximate surface area is 84.1 Å². The minimum atomic E-state index is -0.984. The normalized spacial score (nSPS) is 10.6. The van der Waals surface area contributed by atoms with Crippen molar-refractivity contribution in [3.63, 3.8) is 0 Å². The number of fused-ring (bicyclic) bond motifs is 1. The van der Waals surface area contributed by atoms with E-state index in [9.17, 15) is 4.79 Å². The van der Waals surface area contributed by atoms with E-state index in [1.807, 2.05) is 0 Å². The molecule has 0 spiro atoms. The lowest BCUT2D eigenvalue weighted by Gasteiger charge is -1.91. The van der Waals surface area contributed by atoms with Gasteiger partial charge in [0.2, 0.25) is 5.89 Å². The fourth-order valence-corrected chi connectivity index (χ4v) is 1.28. The van der Waals surface area contributed by atoms with E-state index in [0.29, 0.717) is 17.0 Å². The molecule has 0 aliphatic rings. The number of alkyl halides is 1. The number of aromatic nitrogens is 1. The average Bonchev–Trinajstić information content (AvgIpc) is 2.58. The number of rotatable bonds is 2. The number of hydrogen-bond donors (Lipinski definition) is 1. The number of halogens is 1. The fourth-order valence-electron chi connectivity index (χ4n) is 1.17. The van der Waals surface area contributed by atoms with Gasteiger partial charge in [-0.3, -0.25) is 0 Å². The van der Waals surface area contributed by atoms with Crippen LogP contribution >= 0.6 is 11.6 Å². The van der Waals surface area contributed by atoms with E-state index in [-0.39, 0.29) is 11.4 Å². The van der Waals surface area contributed by atoms with Crippen LogP contribution in [-0.2, 0) is 5.88 Å². The number of aromatic carboxylic acids is 1. The molecule has 1 heterocycles. The smallest absolute Gasteiger partial charge is 0.335 e. The number of hydrogen-bond acceptors (Lipinski definition) is 3. The Bertz CT molecular complexity index is 492. The molecular weight excluding hydrogens is 206 g/mol. The maximum atomic E-state index is 10.6. The first-order chi connectivity index (χ1) is 6.70. The van der Waals surface area contributed by atoms with Crippen LogP contribution in [0.5, 0.6) is 0 Å². The lowest BCUT2D eigenvalue weighted by Crippen LogP contribution is -1.94. The van der Waals surface area contributed by atoms with Crippen molar-refractivity contribution >= 4 is 28.7 Å². The molecule has 4 nitrogen and oxygen atoms in total. The van der Waals surface area contributed by atoms with Crippen molar-refractivity contribution in [2.75, 3.05) is 0 Å². The van der Waals surface area contributed by atoms with E-state index in [2.05, 4.69) is 4.98 Å². The quantitative estimate of drug-likeness (QED) is 0.774. The molecule has 1 aromatic heterocycles. The molecule has 0 aliphatic carbocycles. The van der Waals surface area contributed by atoms with Crippen LogP contribution in [0.15, 0.2) is 22.6 Å². The summed E-state index contributed by atoms with van der Waals surface area (Å²) in [6.07, 6.45) is 0. The standard InChI is InChI=1S/C9H6ClNO3/c10-4-8-11-6-3-5(9(12)13)1-2-7(6)14-8/h1-3H,4H2,(H,12,13). The summed E-state index contributed by atoms with van der Waals surface area (Å²) in [4.78, 5) is 14.6. The number of carboxylic acids is 1. The van der Waals surface area contributed by atoms with Crippen LogP contribution < -0.4 is 0 Å². The summed E-state index contributed by atoms with van der Waals surface area (Å²) in [7, 11) is 0. The van der Waals surface area contributed by atoms with E-state index < -0.39 is 5.97 Å².